The van der Waals surface area contributed by atoms with E-state index < -0.39 is 10.0 Å². The maximum atomic E-state index is 12.0. The summed E-state index contributed by atoms with van der Waals surface area (Å²) in [5.41, 5.74) is 5.75. The van der Waals surface area contributed by atoms with Crippen LogP contribution in [0.5, 0.6) is 5.75 Å². The van der Waals surface area contributed by atoms with E-state index in [1.165, 1.54) is 11.8 Å². The van der Waals surface area contributed by atoms with E-state index in [4.69, 9.17) is 9.47 Å². The van der Waals surface area contributed by atoms with Crippen molar-refractivity contribution in [3.05, 3.63) is 77.1 Å². The molecule has 1 saturated heterocycles. The van der Waals surface area contributed by atoms with Gasteiger partial charge in [0.2, 0.25) is 10.0 Å². The first-order valence-corrected chi connectivity index (χ1v) is 13.5. The predicted molar refractivity (Wildman–Crippen MR) is 133 cm³/mol. The molecule has 1 heterocycles. The molecule has 0 N–H and O–H groups in total. The van der Waals surface area contributed by atoms with E-state index >= 15 is 0 Å². The van der Waals surface area contributed by atoms with Crippen LogP contribution >= 0.6 is 0 Å². The highest BCUT2D eigenvalue weighted by atomic mass is 32.2. The zero-order valence-electron chi connectivity index (χ0n) is 19.7. The molecule has 0 unspecified atom stereocenters. The van der Waals surface area contributed by atoms with E-state index in [0.717, 1.165) is 59.4 Å². The number of nitrogens with zero attached hydrogens (tertiary/aromatic N) is 1. The lowest BCUT2D eigenvalue weighted by Gasteiger charge is -2.23. The van der Waals surface area contributed by atoms with Crippen LogP contribution in [0.4, 0.5) is 0 Å². The van der Waals surface area contributed by atoms with Gasteiger partial charge in [0.15, 0.2) is 0 Å². The van der Waals surface area contributed by atoms with Crippen LogP contribution in [0.15, 0.2) is 60.4 Å². The third-order valence-electron chi connectivity index (χ3n) is 6.28. The molecule has 0 amide bonds. The Kier molecular flexibility index (Phi) is 7.25. The van der Waals surface area contributed by atoms with Crippen LogP contribution in [0.25, 0.3) is 11.1 Å². The van der Waals surface area contributed by atoms with Gasteiger partial charge in [0.1, 0.15) is 24.7 Å². The van der Waals surface area contributed by atoms with Gasteiger partial charge in [0.25, 0.3) is 0 Å². The minimum absolute atomic E-state index is 0.0916. The number of sulfonamides is 1. The summed E-state index contributed by atoms with van der Waals surface area (Å²) in [5, 5.41) is 0. The Morgan fingerprint density at radius 1 is 1.06 bits per heavy atom. The third-order valence-corrected chi connectivity index (χ3v) is 7.61. The van der Waals surface area contributed by atoms with Crippen LogP contribution in [0.1, 0.15) is 42.4 Å². The molecule has 33 heavy (non-hydrogen) atoms. The molecule has 2 aromatic carbocycles. The van der Waals surface area contributed by atoms with Crippen molar-refractivity contribution in [2.45, 2.75) is 52.2 Å². The molecule has 0 saturated carbocycles. The summed E-state index contributed by atoms with van der Waals surface area (Å²) >= 11 is 0. The van der Waals surface area contributed by atoms with Gasteiger partial charge in [-0.2, -0.15) is 4.31 Å². The van der Waals surface area contributed by atoms with Gasteiger partial charge in [-0.05, 0) is 97.7 Å². The van der Waals surface area contributed by atoms with E-state index in [9.17, 15) is 8.42 Å². The molecule has 4 rings (SSSR count). The van der Waals surface area contributed by atoms with Gasteiger partial charge in [-0.25, -0.2) is 8.42 Å². The molecular weight excluding hydrogens is 434 g/mol. The van der Waals surface area contributed by atoms with Gasteiger partial charge in [0.05, 0.1) is 12.3 Å². The zero-order valence-corrected chi connectivity index (χ0v) is 20.5. The van der Waals surface area contributed by atoms with E-state index in [2.05, 4.69) is 50.3 Å². The third kappa shape index (κ3) is 5.87. The van der Waals surface area contributed by atoms with Gasteiger partial charge >= 0.3 is 0 Å². The first kappa shape index (κ1) is 23.6. The number of ether oxygens (including phenoxy) is 2. The Labute approximate surface area is 197 Å². The summed E-state index contributed by atoms with van der Waals surface area (Å²) in [5.74, 6) is 1.72. The second-order valence-corrected chi connectivity index (χ2v) is 10.9. The monoisotopic (exact) mass is 467 g/mol. The molecule has 0 radical (unpaired) electrons. The number of rotatable bonds is 8. The normalized spacial score (nSPS) is 18.9. The van der Waals surface area contributed by atoms with Crippen molar-refractivity contribution in [2.75, 3.05) is 19.4 Å². The van der Waals surface area contributed by atoms with Gasteiger partial charge in [0, 0.05) is 6.54 Å². The predicted octanol–water partition coefficient (Wildman–Crippen LogP) is 5.52. The van der Waals surface area contributed by atoms with Crippen LogP contribution in [-0.2, 0) is 21.4 Å². The molecule has 2 aliphatic rings. The number of benzene rings is 2. The fourth-order valence-electron chi connectivity index (χ4n) is 4.75. The average Bonchev–Trinajstić information content (AvgIpc) is 3.26. The summed E-state index contributed by atoms with van der Waals surface area (Å²) < 4.78 is 37.6. The smallest absolute Gasteiger partial charge is 0.211 e. The molecule has 1 aliphatic heterocycles. The highest BCUT2D eigenvalue weighted by molar-refractivity contribution is 7.88. The molecular formula is C27H33NO4S. The molecule has 6 heteroatoms. The van der Waals surface area contributed by atoms with Crippen molar-refractivity contribution in [2.24, 2.45) is 0 Å². The average molecular weight is 468 g/mol. The fourth-order valence-corrected chi connectivity index (χ4v) is 5.92. The standard InChI is InChI=1S/C27H33NO4S/c1-20-15-26(32-19-24-11-8-14-28(24)33(3,29)30)16-21(2)27(20)23-10-7-9-22(17-23)18-31-25-12-5-4-6-13-25/h5,7,9-10,12-13,15-17,24H,4,6,8,11,14,18-19H2,1-3H3/t24-/m1/s1. The Morgan fingerprint density at radius 3 is 2.55 bits per heavy atom. The molecule has 176 valence electrons. The van der Waals surface area contributed by atoms with Crippen LogP contribution < -0.4 is 4.74 Å². The van der Waals surface area contributed by atoms with Gasteiger partial charge in [-0.1, -0.05) is 24.3 Å². The lowest BCUT2D eigenvalue weighted by Crippen LogP contribution is -2.38. The maximum Gasteiger partial charge on any atom is 0.211 e. The number of aryl methyl sites for hydroxylation is 2. The Morgan fingerprint density at radius 2 is 1.85 bits per heavy atom. The molecule has 1 aliphatic carbocycles. The highest BCUT2D eigenvalue weighted by Crippen LogP contribution is 2.32. The van der Waals surface area contributed by atoms with Crippen LogP contribution in [0.3, 0.4) is 0 Å². The SMILES string of the molecule is Cc1cc(OC[C@H]2CCCN2S(C)(=O)=O)cc(C)c1-c1cccc(COC2=CCCC=C2)c1. The molecule has 0 aromatic heterocycles. The summed E-state index contributed by atoms with van der Waals surface area (Å²) in [7, 11) is -3.20. The second kappa shape index (κ2) is 10.1. The molecule has 1 atom stereocenters. The number of hydrogen-bond acceptors (Lipinski definition) is 4. The van der Waals surface area contributed by atoms with Crippen molar-refractivity contribution >= 4 is 10.0 Å². The largest absolute Gasteiger partial charge is 0.492 e. The van der Waals surface area contributed by atoms with Gasteiger partial charge < -0.3 is 9.47 Å². The summed E-state index contributed by atoms with van der Waals surface area (Å²) in [4.78, 5) is 0. The van der Waals surface area contributed by atoms with E-state index in [-0.39, 0.29) is 6.04 Å². The Hall–Kier alpha value is -2.57. The highest BCUT2D eigenvalue weighted by Gasteiger charge is 2.31. The van der Waals surface area contributed by atoms with Crippen molar-refractivity contribution in [1.82, 2.24) is 4.31 Å². The van der Waals surface area contributed by atoms with E-state index in [1.54, 1.807) is 4.31 Å². The summed E-state index contributed by atoms with van der Waals surface area (Å²) in [6.07, 6.45) is 11.4. The van der Waals surface area contributed by atoms with Crippen molar-refractivity contribution in [1.29, 1.82) is 0 Å². The zero-order chi connectivity index (χ0) is 23.4. The van der Waals surface area contributed by atoms with Crippen LogP contribution in [-0.4, -0.2) is 38.2 Å². The number of hydrogen-bond donors (Lipinski definition) is 0. The van der Waals surface area contributed by atoms with Crippen molar-refractivity contribution < 1.29 is 17.9 Å². The fraction of sp³-hybridized carbons (Fsp3) is 0.407. The lowest BCUT2D eigenvalue weighted by molar-refractivity contribution is 0.209. The number of allylic oxidation sites excluding steroid dienone is 3. The lowest BCUT2D eigenvalue weighted by atomic mass is 9.94. The quantitative estimate of drug-likeness (QED) is 0.513. The summed E-state index contributed by atoms with van der Waals surface area (Å²) in [6.45, 7) is 5.68. The second-order valence-electron chi connectivity index (χ2n) is 8.99. The molecule has 0 spiro atoms. The first-order chi connectivity index (χ1) is 15.8. The van der Waals surface area contributed by atoms with Crippen molar-refractivity contribution in [3.63, 3.8) is 0 Å². The van der Waals surface area contributed by atoms with Crippen LogP contribution in [0.2, 0.25) is 0 Å². The minimum Gasteiger partial charge on any atom is -0.492 e. The Balaban J connectivity index is 1.46. The van der Waals surface area contributed by atoms with Crippen molar-refractivity contribution in [3.8, 4) is 16.9 Å². The first-order valence-electron chi connectivity index (χ1n) is 11.6. The topological polar surface area (TPSA) is 55.8 Å². The van der Waals surface area contributed by atoms with E-state index in [1.807, 2.05) is 18.2 Å². The molecule has 2 aromatic rings. The minimum atomic E-state index is -3.20. The molecule has 0 bridgehead atoms. The van der Waals surface area contributed by atoms with Gasteiger partial charge in [-0.15, -0.1) is 0 Å². The van der Waals surface area contributed by atoms with E-state index in [0.29, 0.717) is 19.8 Å². The Bertz CT molecular complexity index is 1140. The van der Waals surface area contributed by atoms with Crippen LogP contribution in [0, 0.1) is 13.8 Å². The maximum absolute atomic E-state index is 12.0. The summed E-state index contributed by atoms with van der Waals surface area (Å²) in [6, 6.07) is 12.5. The van der Waals surface area contributed by atoms with Gasteiger partial charge in [-0.3, -0.25) is 0 Å². The molecule has 1 fully saturated rings. The molecule has 5 nitrogen and oxygen atoms in total.